The normalized spacial score (nSPS) is 17.2. The number of rotatable bonds is 7. The summed E-state index contributed by atoms with van der Waals surface area (Å²) in [6.07, 6.45) is 5.16. The first-order valence-corrected chi connectivity index (χ1v) is 8.82. The van der Waals surface area contributed by atoms with E-state index in [0.717, 1.165) is 23.6 Å². The van der Waals surface area contributed by atoms with E-state index in [1.165, 1.54) is 0 Å². The minimum Gasteiger partial charge on any atom is -0.497 e. The van der Waals surface area contributed by atoms with Crippen LogP contribution in [-0.4, -0.2) is 46.9 Å². The predicted octanol–water partition coefficient (Wildman–Crippen LogP) is 1.52. The molecule has 1 aromatic heterocycles. The summed E-state index contributed by atoms with van der Waals surface area (Å²) >= 11 is 0. The van der Waals surface area contributed by atoms with E-state index in [0.29, 0.717) is 32.5 Å². The molecule has 7 heteroatoms. The summed E-state index contributed by atoms with van der Waals surface area (Å²) in [6.45, 7) is 1.47. The van der Waals surface area contributed by atoms with Crippen molar-refractivity contribution in [1.29, 1.82) is 0 Å². The number of ether oxygens (including phenoxy) is 1. The van der Waals surface area contributed by atoms with Crippen LogP contribution in [0.2, 0.25) is 0 Å². The third kappa shape index (κ3) is 4.62. The van der Waals surface area contributed by atoms with Crippen LogP contribution in [0.25, 0.3) is 0 Å². The number of hydrogen-bond donors (Lipinski definition) is 2. The Bertz CT molecular complexity index is 728. The molecule has 0 unspecified atom stereocenters. The van der Waals surface area contributed by atoms with E-state index in [1.807, 2.05) is 24.3 Å². The van der Waals surface area contributed by atoms with Crippen LogP contribution >= 0.6 is 0 Å². The number of hydrogen-bond acceptors (Lipinski definition) is 4. The average Bonchev–Trinajstić information content (AvgIpc) is 3.19. The van der Waals surface area contributed by atoms with E-state index in [1.54, 1.807) is 24.4 Å². The van der Waals surface area contributed by atoms with Gasteiger partial charge in [-0.05, 0) is 30.5 Å². The van der Waals surface area contributed by atoms with Gasteiger partial charge in [0.1, 0.15) is 11.6 Å². The van der Waals surface area contributed by atoms with Crippen molar-refractivity contribution in [3.8, 4) is 5.75 Å². The van der Waals surface area contributed by atoms with E-state index in [2.05, 4.69) is 15.3 Å². The lowest BCUT2D eigenvalue weighted by Crippen LogP contribution is -2.46. The molecule has 1 aliphatic heterocycles. The SMILES string of the molecule is COc1ccc(CCN2C[C@H](C(=O)NCc3ncc[nH]3)CCC2=O)cc1. The fourth-order valence-electron chi connectivity index (χ4n) is 3.11. The molecule has 1 saturated heterocycles. The molecular weight excluding hydrogens is 332 g/mol. The van der Waals surface area contributed by atoms with Crippen molar-refractivity contribution < 1.29 is 14.3 Å². The van der Waals surface area contributed by atoms with Crippen LogP contribution in [0.5, 0.6) is 5.75 Å². The predicted molar refractivity (Wildman–Crippen MR) is 96.4 cm³/mol. The maximum atomic E-state index is 12.4. The van der Waals surface area contributed by atoms with Crippen LogP contribution in [0.4, 0.5) is 0 Å². The number of aromatic amines is 1. The molecule has 138 valence electrons. The first-order valence-electron chi connectivity index (χ1n) is 8.82. The minimum absolute atomic E-state index is 0.0247. The molecule has 1 aliphatic rings. The molecule has 26 heavy (non-hydrogen) atoms. The monoisotopic (exact) mass is 356 g/mol. The van der Waals surface area contributed by atoms with Crippen molar-refractivity contribution in [2.75, 3.05) is 20.2 Å². The quantitative estimate of drug-likeness (QED) is 0.787. The molecule has 3 rings (SSSR count). The standard InChI is InChI=1S/C19H24N4O3/c1-26-16-5-2-14(3-6-16)8-11-23-13-15(4-7-18(23)24)19(25)22-12-17-20-9-10-21-17/h2-3,5-6,9-10,15H,4,7-8,11-13H2,1H3,(H,20,21)(H,22,25)/t15-/m1/s1. The lowest BCUT2D eigenvalue weighted by molar-refractivity contribution is -0.138. The van der Waals surface area contributed by atoms with Gasteiger partial charge in [0.05, 0.1) is 19.6 Å². The molecule has 0 aliphatic carbocycles. The Morgan fingerprint density at radius 1 is 1.38 bits per heavy atom. The molecule has 2 N–H and O–H groups in total. The summed E-state index contributed by atoms with van der Waals surface area (Å²) in [6, 6.07) is 7.83. The van der Waals surface area contributed by atoms with Gasteiger partial charge < -0.3 is 19.9 Å². The topological polar surface area (TPSA) is 87.3 Å². The second kappa shape index (κ2) is 8.51. The van der Waals surface area contributed by atoms with Gasteiger partial charge in [-0.15, -0.1) is 0 Å². The zero-order chi connectivity index (χ0) is 18.4. The number of carbonyl (C=O) groups is 2. The number of imidazole rings is 1. The Balaban J connectivity index is 1.50. The van der Waals surface area contributed by atoms with E-state index < -0.39 is 0 Å². The number of amides is 2. The van der Waals surface area contributed by atoms with Crippen LogP contribution in [0, 0.1) is 5.92 Å². The molecule has 0 spiro atoms. The van der Waals surface area contributed by atoms with Gasteiger partial charge in [-0.2, -0.15) is 0 Å². The van der Waals surface area contributed by atoms with Gasteiger partial charge in [0.2, 0.25) is 11.8 Å². The number of nitrogens with one attached hydrogen (secondary N) is 2. The number of benzene rings is 1. The highest BCUT2D eigenvalue weighted by Gasteiger charge is 2.29. The summed E-state index contributed by atoms with van der Waals surface area (Å²) in [5.41, 5.74) is 1.14. The smallest absolute Gasteiger partial charge is 0.225 e. The van der Waals surface area contributed by atoms with Crippen molar-refractivity contribution >= 4 is 11.8 Å². The number of likely N-dealkylation sites (tertiary alicyclic amines) is 1. The summed E-state index contributed by atoms with van der Waals surface area (Å²) in [5.74, 6) is 1.47. The molecule has 1 aromatic carbocycles. The highest BCUT2D eigenvalue weighted by atomic mass is 16.5. The number of carbonyl (C=O) groups excluding carboxylic acids is 2. The van der Waals surface area contributed by atoms with Gasteiger partial charge in [-0.3, -0.25) is 9.59 Å². The molecule has 1 atom stereocenters. The Hall–Kier alpha value is -2.83. The number of aromatic nitrogens is 2. The Labute approximate surface area is 152 Å². The highest BCUT2D eigenvalue weighted by Crippen LogP contribution is 2.19. The molecule has 2 heterocycles. The van der Waals surface area contributed by atoms with Crippen molar-refractivity contribution in [2.45, 2.75) is 25.8 Å². The van der Waals surface area contributed by atoms with E-state index >= 15 is 0 Å². The fraction of sp³-hybridized carbons (Fsp3) is 0.421. The molecule has 0 radical (unpaired) electrons. The largest absolute Gasteiger partial charge is 0.497 e. The fourth-order valence-corrected chi connectivity index (χ4v) is 3.11. The molecule has 7 nitrogen and oxygen atoms in total. The summed E-state index contributed by atoms with van der Waals surface area (Å²) < 4.78 is 5.16. The van der Waals surface area contributed by atoms with Gasteiger partial charge >= 0.3 is 0 Å². The summed E-state index contributed by atoms with van der Waals surface area (Å²) in [5, 5.41) is 2.89. The maximum absolute atomic E-state index is 12.4. The van der Waals surface area contributed by atoms with Crippen LogP contribution in [0.3, 0.4) is 0 Å². The lowest BCUT2D eigenvalue weighted by atomic mass is 9.96. The van der Waals surface area contributed by atoms with E-state index in [9.17, 15) is 9.59 Å². The number of H-pyrrole nitrogens is 1. The third-order valence-electron chi connectivity index (χ3n) is 4.69. The molecule has 2 amide bonds. The molecular formula is C19H24N4O3. The first-order chi connectivity index (χ1) is 12.7. The van der Waals surface area contributed by atoms with Gasteiger partial charge in [-0.1, -0.05) is 12.1 Å². The van der Waals surface area contributed by atoms with Gasteiger partial charge in [0.15, 0.2) is 0 Å². The first kappa shape index (κ1) is 18.0. The minimum atomic E-state index is -0.168. The lowest BCUT2D eigenvalue weighted by Gasteiger charge is -2.32. The van der Waals surface area contributed by atoms with Gasteiger partial charge in [0, 0.05) is 31.9 Å². The highest BCUT2D eigenvalue weighted by molar-refractivity contribution is 5.83. The number of methoxy groups -OCH3 is 1. The van der Waals surface area contributed by atoms with E-state index in [4.69, 9.17) is 4.74 Å². The maximum Gasteiger partial charge on any atom is 0.225 e. The zero-order valence-corrected chi connectivity index (χ0v) is 14.9. The van der Waals surface area contributed by atoms with Gasteiger partial charge in [-0.25, -0.2) is 4.98 Å². The molecule has 2 aromatic rings. The van der Waals surface area contributed by atoms with Crippen molar-refractivity contribution in [2.24, 2.45) is 5.92 Å². The zero-order valence-electron chi connectivity index (χ0n) is 14.9. The second-order valence-corrected chi connectivity index (χ2v) is 6.43. The van der Waals surface area contributed by atoms with Crippen LogP contribution in [0.1, 0.15) is 24.2 Å². The van der Waals surface area contributed by atoms with Crippen molar-refractivity contribution in [1.82, 2.24) is 20.2 Å². The summed E-state index contributed by atoms with van der Waals surface area (Å²) in [4.78, 5) is 33.4. The number of piperidine rings is 1. The van der Waals surface area contributed by atoms with Crippen molar-refractivity contribution in [3.63, 3.8) is 0 Å². The average molecular weight is 356 g/mol. The molecule has 1 fully saturated rings. The Morgan fingerprint density at radius 3 is 2.88 bits per heavy atom. The Kier molecular flexibility index (Phi) is 5.88. The van der Waals surface area contributed by atoms with Crippen LogP contribution in [0.15, 0.2) is 36.7 Å². The van der Waals surface area contributed by atoms with Crippen molar-refractivity contribution in [3.05, 3.63) is 48.0 Å². The van der Waals surface area contributed by atoms with Crippen LogP contribution in [-0.2, 0) is 22.6 Å². The second-order valence-electron chi connectivity index (χ2n) is 6.43. The van der Waals surface area contributed by atoms with Crippen LogP contribution < -0.4 is 10.1 Å². The third-order valence-corrected chi connectivity index (χ3v) is 4.69. The molecule has 0 bridgehead atoms. The van der Waals surface area contributed by atoms with E-state index in [-0.39, 0.29) is 17.7 Å². The van der Waals surface area contributed by atoms with Gasteiger partial charge in [0.25, 0.3) is 0 Å². The molecule has 0 saturated carbocycles. The summed E-state index contributed by atoms with van der Waals surface area (Å²) in [7, 11) is 1.64. The Morgan fingerprint density at radius 2 is 2.19 bits per heavy atom. The number of nitrogens with zero attached hydrogens (tertiary/aromatic N) is 2.